The molecule has 0 unspecified atom stereocenters. The Kier molecular flexibility index (Phi) is 5.88. The van der Waals surface area contributed by atoms with Gasteiger partial charge in [-0.2, -0.15) is 18.3 Å². The van der Waals surface area contributed by atoms with Crippen molar-refractivity contribution in [2.24, 2.45) is 0 Å². The SMILES string of the molecule is CC(=O)N[C@@H]1CC[C@@]1(c1cn(-c2cnc(C(F)(F)F)nc2)nc1Cl)S(=O)(=O)c1ccc(F)cc1. The summed E-state index contributed by atoms with van der Waals surface area (Å²) in [6.45, 7) is 1.23. The minimum atomic E-state index is -4.74. The average Bonchev–Trinajstić information content (AvgIpc) is 3.12. The minimum Gasteiger partial charge on any atom is -0.352 e. The topological polar surface area (TPSA) is 107 Å². The third-order valence-electron chi connectivity index (χ3n) is 5.63. The molecular formula is C20H16ClF4N5O3S. The first kappa shape index (κ1) is 24.1. The van der Waals surface area contributed by atoms with E-state index in [1.807, 2.05) is 0 Å². The Bertz CT molecular complexity index is 1340. The second-order valence-corrected chi connectivity index (χ2v) is 10.2. The van der Waals surface area contributed by atoms with Gasteiger partial charge < -0.3 is 5.32 Å². The van der Waals surface area contributed by atoms with E-state index in [1.165, 1.54) is 13.1 Å². The van der Waals surface area contributed by atoms with Crippen molar-refractivity contribution >= 4 is 27.3 Å². The molecule has 180 valence electrons. The summed E-state index contributed by atoms with van der Waals surface area (Å²) in [5, 5.41) is 6.42. The van der Waals surface area contributed by atoms with E-state index in [9.17, 15) is 30.8 Å². The van der Waals surface area contributed by atoms with E-state index >= 15 is 0 Å². The van der Waals surface area contributed by atoms with Gasteiger partial charge in [-0.15, -0.1) is 0 Å². The van der Waals surface area contributed by atoms with Crippen LogP contribution in [0.4, 0.5) is 17.6 Å². The van der Waals surface area contributed by atoms with Crippen LogP contribution >= 0.6 is 11.6 Å². The molecule has 2 heterocycles. The third-order valence-corrected chi connectivity index (χ3v) is 8.47. The normalized spacial score (nSPS) is 20.6. The first-order chi connectivity index (χ1) is 15.9. The highest BCUT2D eigenvalue weighted by Gasteiger charge is 2.60. The summed E-state index contributed by atoms with van der Waals surface area (Å²) in [6, 6.07) is 3.34. The first-order valence-corrected chi connectivity index (χ1v) is 11.6. The predicted octanol–water partition coefficient (Wildman–Crippen LogP) is 3.44. The number of benzene rings is 1. The maximum Gasteiger partial charge on any atom is 0.451 e. The number of sulfone groups is 1. The molecule has 0 radical (unpaired) electrons. The number of rotatable bonds is 5. The van der Waals surface area contributed by atoms with E-state index in [2.05, 4.69) is 20.4 Å². The lowest BCUT2D eigenvalue weighted by molar-refractivity contribution is -0.145. The third kappa shape index (κ3) is 3.92. The van der Waals surface area contributed by atoms with Gasteiger partial charge in [-0.25, -0.2) is 27.5 Å². The molecule has 0 aliphatic heterocycles. The van der Waals surface area contributed by atoms with Crippen LogP contribution in [0.2, 0.25) is 5.15 Å². The molecular weight excluding hydrogens is 502 g/mol. The molecule has 3 aromatic rings. The standard InChI is InChI=1S/C20H16ClF4N5O3S/c1-11(31)28-16-6-7-19(16,34(32,33)14-4-2-12(22)3-5-14)15-10-30(29-17(15)21)13-8-26-18(27-9-13)20(23,24)25/h2-5,8-10,16H,6-7H2,1H3,(H,28,31)/t16-,19+/m1/s1. The number of carbonyl (C=O) groups excluding carboxylic acids is 1. The number of hydrogen-bond donors (Lipinski definition) is 1. The summed E-state index contributed by atoms with van der Waals surface area (Å²) in [7, 11) is -4.25. The van der Waals surface area contributed by atoms with Gasteiger partial charge >= 0.3 is 6.18 Å². The number of nitrogens with zero attached hydrogens (tertiary/aromatic N) is 4. The van der Waals surface area contributed by atoms with E-state index in [1.54, 1.807) is 0 Å². The Balaban J connectivity index is 1.83. The van der Waals surface area contributed by atoms with Gasteiger partial charge in [0, 0.05) is 18.7 Å². The molecule has 1 aromatic carbocycles. The van der Waals surface area contributed by atoms with Gasteiger partial charge in [-0.1, -0.05) is 11.6 Å². The van der Waals surface area contributed by atoms with Gasteiger partial charge in [-0.3, -0.25) is 4.79 Å². The van der Waals surface area contributed by atoms with Gasteiger partial charge in [0.1, 0.15) is 16.3 Å². The molecule has 2 aromatic heterocycles. The largest absolute Gasteiger partial charge is 0.451 e. The minimum absolute atomic E-state index is 0.00545. The Morgan fingerprint density at radius 2 is 1.82 bits per heavy atom. The lowest BCUT2D eigenvalue weighted by Gasteiger charge is -2.48. The fourth-order valence-corrected chi connectivity index (χ4v) is 6.60. The van der Waals surface area contributed by atoms with Crippen LogP contribution in [0.5, 0.6) is 0 Å². The second kappa shape index (κ2) is 8.31. The van der Waals surface area contributed by atoms with E-state index in [4.69, 9.17) is 11.6 Å². The van der Waals surface area contributed by atoms with Crippen LogP contribution in [0.3, 0.4) is 0 Å². The quantitative estimate of drug-likeness (QED) is 0.410. The predicted molar refractivity (Wildman–Crippen MR) is 111 cm³/mol. The Morgan fingerprint density at radius 1 is 1.21 bits per heavy atom. The zero-order valence-corrected chi connectivity index (χ0v) is 18.9. The van der Waals surface area contributed by atoms with Gasteiger partial charge in [0.25, 0.3) is 0 Å². The lowest BCUT2D eigenvalue weighted by atomic mass is 9.74. The van der Waals surface area contributed by atoms with Gasteiger partial charge in [0.2, 0.25) is 11.7 Å². The maximum absolute atomic E-state index is 13.8. The number of carbonyl (C=O) groups is 1. The van der Waals surface area contributed by atoms with Gasteiger partial charge in [0.15, 0.2) is 15.0 Å². The summed E-state index contributed by atoms with van der Waals surface area (Å²) in [5.74, 6) is -2.45. The monoisotopic (exact) mass is 517 g/mol. The van der Waals surface area contributed by atoms with Crippen molar-refractivity contribution in [3.05, 3.63) is 65.2 Å². The Morgan fingerprint density at radius 3 is 2.32 bits per heavy atom. The smallest absolute Gasteiger partial charge is 0.352 e. The van der Waals surface area contributed by atoms with E-state index in [0.717, 1.165) is 41.3 Å². The molecule has 2 atom stereocenters. The molecule has 0 bridgehead atoms. The fraction of sp³-hybridized carbons (Fsp3) is 0.300. The van der Waals surface area contributed by atoms with Crippen LogP contribution in [0.1, 0.15) is 31.2 Å². The Hall–Kier alpha value is -3.06. The second-order valence-electron chi connectivity index (χ2n) is 7.68. The highest BCUT2D eigenvalue weighted by atomic mass is 35.5. The molecule has 1 amide bonds. The first-order valence-electron chi connectivity index (χ1n) is 9.79. The van der Waals surface area contributed by atoms with Crippen molar-refractivity contribution < 1.29 is 30.8 Å². The van der Waals surface area contributed by atoms with Crippen molar-refractivity contribution in [3.8, 4) is 5.69 Å². The number of aromatic nitrogens is 4. The Labute approximate surface area is 195 Å². The highest BCUT2D eigenvalue weighted by molar-refractivity contribution is 7.92. The molecule has 0 spiro atoms. The number of hydrogen-bond acceptors (Lipinski definition) is 6. The highest BCUT2D eigenvalue weighted by Crippen LogP contribution is 2.52. The molecule has 34 heavy (non-hydrogen) atoms. The van der Waals surface area contributed by atoms with Crippen LogP contribution in [0, 0.1) is 5.82 Å². The number of halogens is 5. The van der Waals surface area contributed by atoms with E-state index in [-0.39, 0.29) is 27.7 Å². The van der Waals surface area contributed by atoms with Gasteiger partial charge in [-0.05, 0) is 37.1 Å². The molecule has 1 saturated carbocycles. The lowest BCUT2D eigenvalue weighted by Crippen LogP contribution is -2.61. The molecule has 1 aliphatic rings. The molecule has 1 fully saturated rings. The van der Waals surface area contributed by atoms with Crippen molar-refractivity contribution in [2.45, 2.75) is 41.6 Å². The van der Waals surface area contributed by atoms with Crippen LogP contribution in [0.25, 0.3) is 5.69 Å². The molecule has 1 N–H and O–H groups in total. The number of alkyl halides is 3. The summed E-state index contributed by atoms with van der Waals surface area (Å²) >= 11 is 6.33. The molecule has 1 aliphatic carbocycles. The van der Waals surface area contributed by atoms with Crippen molar-refractivity contribution in [1.82, 2.24) is 25.1 Å². The fourth-order valence-electron chi connectivity index (χ4n) is 3.95. The number of nitrogens with one attached hydrogen (secondary N) is 1. The van der Waals surface area contributed by atoms with Crippen molar-refractivity contribution in [3.63, 3.8) is 0 Å². The van der Waals surface area contributed by atoms with Crippen LogP contribution < -0.4 is 5.32 Å². The average molecular weight is 518 g/mol. The molecule has 0 saturated heterocycles. The number of amides is 1. The van der Waals surface area contributed by atoms with Crippen molar-refractivity contribution in [2.75, 3.05) is 0 Å². The van der Waals surface area contributed by atoms with Crippen LogP contribution in [-0.2, 0) is 25.6 Å². The molecule has 14 heteroatoms. The van der Waals surface area contributed by atoms with Crippen LogP contribution in [-0.4, -0.2) is 40.1 Å². The van der Waals surface area contributed by atoms with Crippen LogP contribution in [0.15, 0.2) is 47.8 Å². The summed E-state index contributed by atoms with van der Waals surface area (Å²) in [5.41, 5.74) is 0.0364. The summed E-state index contributed by atoms with van der Waals surface area (Å²) in [4.78, 5) is 18.1. The van der Waals surface area contributed by atoms with Gasteiger partial charge in [0.05, 0.1) is 23.3 Å². The molecule has 4 rings (SSSR count). The van der Waals surface area contributed by atoms with Crippen molar-refractivity contribution in [1.29, 1.82) is 0 Å². The van der Waals surface area contributed by atoms with E-state index < -0.39 is 44.4 Å². The molecule has 8 nitrogen and oxygen atoms in total. The maximum atomic E-state index is 13.8. The summed E-state index contributed by atoms with van der Waals surface area (Å²) in [6.07, 6.45) is -1.37. The van der Waals surface area contributed by atoms with E-state index in [0.29, 0.717) is 6.42 Å². The zero-order valence-electron chi connectivity index (χ0n) is 17.3. The summed E-state index contributed by atoms with van der Waals surface area (Å²) < 4.78 is 78.6. The zero-order chi connectivity index (χ0) is 24.9.